The fraction of sp³-hybridized carbons (Fsp3) is 0.0714. The lowest BCUT2D eigenvalue weighted by Gasteiger charge is -2.17. The third-order valence-corrected chi connectivity index (χ3v) is 4.21. The highest BCUT2D eigenvalue weighted by molar-refractivity contribution is 7.89. The number of nitrogens with two attached hydrogens (primary N) is 1. The fourth-order valence-electron chi connectivity index (χ4n) is 2.35. The average molecular weight is 306 g/mol. The monoisotopic (exact) mass is 306 g/mol. The molecule has 0 saturated carbocycles. The summed E-state index contributed by atoms with van der Waals surface area (Å²) >= 11 is 0. The van der Waals surface area contributed by atoms with Crippen molar-refractivity contribution in [1.29, 1.82) is 0 Å². The van der Waals surface area contributed by atoms with Crippen molar-refractivity contribution in [1.82, 2.24) is 0 Å². The van der Waals surface area contributed by atoms with Crippen molar-refractivity contribution in [2.75, 3.05) is 4.90 Å². The lowest BCUT2D eigenvalue weighted by atomic mass is 10.2. The summed E-state index contributed by atoms with van der Waals surface area (Å²) in [5.74, 6) is -0.599. The second kappa shape index (κ2) is 4.64. The number of amides is 1. The molecular weight excluding hydrogens is 295 g/mol. The SMILES string of the molecule is NS(=O)(=O)c1ccc2c(c1)CC(=O)N2c1ccc(F)cc1. The standard InChI is InChI=1S/C14H11FN2O3S/c15-10-1-3-11(4-2-10)17-13-6-5-12(21(16,19)20)7-9(13)8-14(17)18/h1-7H,8H2,(H2,16,19,20). The Labute approximate surface area is 120 Å². The maximum absolute atomic E-state index is 13.0. The molecule has 0 fully saturated rings. The van der Waals surface area contributed by atoms with Gasteiger partial charge in [-0.1, -0.05) is 0 Å². The van der Waals surface area contributed by atoms with Crippen LogP contribution in [0.4, 0.5) is 15.8 Å². The molecule has 1 aliphatic rings. The van der Waals surface area contributed by atoms with Gasteiger partial charge >= 0.3 is 0 Å². The largest absolute Gasteiger partial charge is 0.280 e. The van der Waals surface area contributed by atoms with Crippen LogP contribution in [0.5, 0.6) is 0 Å². The van der Waals surface area contributed by atoms with Gasteiger partial charge in [0.1, 0.15) is 5.82 Å². The van der Waals surface area contributed by atoms with Gasteiger partial charge in [0.05, 0.1) is 17.0 Å². The van der Waals surface area contributed by atoms with Crippen molar-refractivity contribution in [3.8, 4) is 0 Å². The van der Waals surface area contributed by atoms with Crippen LogP contribution in [-0.4, -0.2) is 14.3 Å². The molecule has 0 bridgehead atoms. The summed E-state index contributed by atoms with van der Waals surface area (Å²) in [5.41, 5.74) is 1.69. The summed E-state index contributed by atoms with van der Waals surface area (Å²) in [5, 5.41) is 5.08. The molecule has 0 radical (unpaired) electrons. The molecule has 1 amide bonds. The molecule has 0 spiro atoms. The van der Waals surface area contributed by atoms with Crippen LogP contribution in [0.2, 0.25) is 0 Å². The van der Waals surface area contributed by atoms with E-state index in [1.54, 1.807) is 0 Å². The lowest BCUT2D eigenvalue weighted by molar-refractivity contribution is -0.116. The minimum absolute atomic E-state index is 0.0324. The van der Waals surface area contributed by atoms with E-state index in [1.807, 2.05) is 0 Å². The second-order valence-corrected chi connectivity index (χ2v) is 6.28. The quantitative estimate of drug-likeness (QED) is 0.917. The Morgan fingerprint density at radius 1 is 1.10 bits per heavy atom. The topological polar surface area (TPSA) is 80.5 Å². The highest BCUT2D eigenvalue weighted by Crippen LogP contribution is 2.36. The second-order valence-electron chi connectivity index (χ2n) is 4.72. The van der Waals surface area contributed by atoms with Gasteiger partial charge in [0, 0.05) is 5.69 Å². The number of hydrogen-bond acceptors (Lipinski definition) is 3. The van der Waals surface area contributed by atoms with Gasteiger partial charge in [0.15, 0.2) is 0 Å². The maximum atomic E-state index is 13.0. The first-order chi connectivity index (χ1) is 9.86. The van der Waals surface area contributed by atoms with Crippen LogP contribution in [0.3, 0.4) is 0 Å². The zero-order valence-corrected chi connectivity index (χ0v) is 11.6. The Kier molecular flexibility index (Phi) is 3.03. The molecule has 1 heterocycles. The van der Waals surface area contributed by atoms with Crippen molar-refractivity contribution in [2.24, 2.45) is 5.14 Å². The van der Waals surface area contributed by atoms with E-state index in [0.717, 1.165) is 0 Å². The zero-order valence-electron chi connectivity index (χ0n) is 10.8. The van der Waals surface area contributed by atoms with E-state index in [-0.39, 0.29) is 17.2 Å². The van der Waals surface area contributed by atoms with Crippen LogP contribution in [-0.2, 0) is 21.2 Å². The summed E-state index contributed by atoms with van der Waals surface area (Å²) < 4.78 is 35.6. The van der Waals surface area contributed by atoms with E-state index < -0.39 is 15.8 Å². The number of primary sulfonamides is 1. The first-order valence-electron chi connectivity index (χ1n) is 6.10. The van der Waals surface area contributed by atoms with Gasteiger partial charge in [-0.15, -0.1) is 0 Å². The van der Waals surface area contributed by atoms with Crippen molar-refractivity contribution in [2.45, 2.75) is 11.3 Å². The third-order valence-electron chi connectivity index (χ3n) is 3.30. The third kappa shape index (κ3) is 2.41. The number of sulfonamides is 1. The molecule has 0 aliphatic carbocycles. The summed E-state index contributed by atoms with van der Waals surface area (Å²) in [6.07, 6.45) is 0.0794. The maximum Gasteiger partial charge on any atom is 0.238 e. The lowest BCUT2D eigenvalue weighted by Crippen LogP contribution is -2.20. The molecule has 21 heavy (non-hydrogen) atoms. The Hall–Kier alpha value is -2.25. The molecule has 3 rings (SSSR count). The molecule has 108 valence electrons. The van der Waals surface area contributed by atoms with Gasteiger partial charge in [0.25, 0.3) is 0 Å². The Morgan fingerprint density at radius 2 is 1.76 bits per heavy atom. The smallest absolute Gasteiger partial charge is 0.238 e. The fourth-order valence-corrected chi connectivity index (χ4v) is 2.91. The molecule has 2 aromatic rings. The minimum Gasteiger partial charge on any atom is -0.280 e. The van der Waals surface area contributed by atoms with Crippen LogP contribution < -0.4 is 10.0 Å². The van der Waals surface area contributed by atoms with Gasteiger partial charge in [-0.25, -0.2) is 17.9 Å². The number of halogens is 1. The number of rotatable bonds is 2. The molecule has 0 aromatic heterocycles. The number of anilines is 2. The summed E-state index contributed by atoms with van der Waals surface area (Å²) in [4.78, 5) is 13.5. The molecule has 1 aliphatic heterocycles. The molecule has 2 aromatic carbocycles. The number of fused-ring (bicyclic) bond motifs is 1. The minimum atomic E-state index is -3.81. The van der Waals surface area contributed by atoms with Gasteiger partial charge in [0.2, 0.25) is 15.9 Å². The Morgan fingerprint density at radius 3 is 2.38 bits per heavy atom. The summed E-state index contributed by atoms with van der Waals surface area (Å²) in [6, 6.07) is 9.79. The number of carbonyl (C=O) groups is 1. The van der Waals surface area contributed by atoms with E-state index in [9.17, 15) is 17.6 Å². The number of benzene rings is 2. The van der Waals surface area contributed by atoms with Crippen molar-refractivity contribution < 1.29 is 17.6 Å². The van der Waals surface area contributed by atoms with E-state index in [0.29, 0.717) is 16.9 Å². The van der Waals surface area contributed by atoms with E-state index in [1.165, 1.54) is 47.4 Å². The van der Waals surface area contributed by atoms with Crippen LogP contribution in [0.15, 0.2) is 47.4 Å². The number of carbonyl (C=O) groups excluding carboxylic acids is 1. The van der Waals surface area contributed by atoms with Crippen LogP contribution in [0.1, 0.15) is 5.56 Å². The van der Waals surface area contributed by atoms with Crippen molar-refractivity contribution >= 4 is 27.3 Å². The van der Waals surface area contributed by atoms with Crippen molar-refractivity contribution in [3.63, 3.8) is 0 Å². The molecule has 5 nitrogen and oxygen atoms in total. The molecule has 0 saturated heterocycles. The van der Waals surface area contributed by atoms with Crippen LogP contribution >= 0.6 is 0 Å². The van der Waals surface area contributed by atoms with Crippen LogP contribution in [0, 0.1) is 5.82 Å². The molecule has 7 heteroatoms. The zero-order chi connectivity index (χ0) is 15.2. The van der Waals surface area contributed by atoms with E-state index >= 15 is 0 Å². The Bertz CT molecular complexity index is 832. The van der Waals surface area contributed by atoms with E-state index in [2.05, 4.69) is 0 Å². The van der Waals surface area contributed by atoms with Crippen molar-refractivity contribution in [3.05, 3.63) is 53.8 Å². The average Bonchev–Trinajstić information content (AvgIpc) is 2.74. The predicted octanol–water partition coefficient (Wildman–Crippen LogP) is 1.69. The van der Waals surface area contributed by atoms with Gasteiger partial charge in [-0.3, -0.25) is 9.69 Å². The van der Waals surface area contributed by atoms with Gasteiger partial charge < -0.3 is 0 Å². The molecular formula is C14H11FN2O3S. The first kappa shape index (κ1) is 13.7. The summed E-state index contributed by atoms with van der Waals surface area (Å²) in [7, 11) is -3.81. The normalized spacial score (nSPS) is 14.4. The summed E-state index contributed by atoms with van der Waals surface area (Å²) in [6.45, 7) is 0. The molecule has 0 atom stereocenters. The number of nitrogens with zero attached hydrogens (tertiary/aromatic N) is 1. The number of hydrogen-bond donors (Lipinski definition) is 1. The molecule has 0 unspecified atom stereocenters. The van der Waals surface area contributed by atoms with E-state index in [4.69, 9.17) is 5.14 Å². The predicted molar refractivity (Wildman–Crippen MR) is 75.1 cm³/mol. The first-order valence-corrected chi connectivity index (χ1v) is 7.65. The highest BCUT2D eigenvalue weighted by atomic mass is 32.2. The highest BCUT2D eigenvalue weighted by Gasteiger charge is 2.29. The van der Waals surface area contributed by atoms with Gasteiger partial charge in [-0.05, 0) is 48.0 Å². The van der Waals surface area contributed by atoms with Crippen LogP contribution in [0.25, 0.3) is 0 Å². The molecule has 2 N–H and O–H groups in total. The van der Waals surface area contributed by atoms with Gasteiger partial charge in [-0.2, -0.15) is 0 Å². The Balaban J connectivity index is 2.08.